The predicted octanol–water partition coefficient (Wildman–Crippen LogP) is 7.69. The number of nitro groups is 1. The molecule has 0 bridgehead atoms. The van der Waals surface area contributed by atoms with Gasteiger partial charge in [0.2, 0.25) is 0 Å². The summed E-state index contributed by atoms with van der Waals surface area (Å²) in [7, 11) is 0. The Morgan fingerprint density at radius 1 is 0.781 bits per heavy atom. The molecular weight excluding hydrogens is 400 g/mol. The molecule has 6 heteroatoms. The number of nitrogens with two attached hydrogens (primary N) is 1. The first kappa shape index (κ1) is 26.8. The largest absolute Gasteiger partial charge is 0.399 e. The second kappa shape index (κ2) is 9.47. The first-order valence-corrected chi connectivity index (χ1v) is 10.0. The molecule has 0 radical (unpaired) electrons. The lowest BCUT2D eigenvalue weighted by Crippen LogP contribution is -2.09. The van der Waals surface area contributed by atoms with Crippen molar-refractivity contribution in [2.75, 3.05) is 5.73 Å². The maximum atomic E-state index is 10.7. The molecule has 174 valence electrons. The van der Waals surface area contributed by atoms with Gasteiger partial charge < -0.3 is 15.7 Å². The van der Waals surface area contributed by atoms with Gasteiger partial charge >= 0.3 is 0 Å². The lowest BCUT2D eigenvalue weighted by atomic mass is 9.87. The number of hydrogen-bond acceptors (Lipinski definition) is 3. The summed E-state index contributed by atoms with van der Waals surface area (Å²) in [6.07, 6.45) is 4.00. The van der Waals surface area contributed by atoms with Gasteiger partial charge in [-0.1, -0.05) is 56.4 Å². The summed E-state index contributed by atoms with van der Waals surface area (Å²) in [4.78, 5) is 16.8. The number of rotatable bonds is 1. The molecule has 0 saturated carbocycles. The van der Waals surface area contributed by atoms with Crippen LogP contribution in [0.1, 0.15) is 67.5 Å². The van der Waals surface area contributed by atoms with E-state index in [-0.39, 0.29) is 36.3 Å². The fourth-order valence-corrected chi connectivity index (χ4v) is 3.60. The van der Waals surface area contributed by atoms with E-state index in [9.17, 15) is 10.1 Å². The summed E-state index contributed by atoms with van der Waals surface area (Å²) in [5, 5.41) is 12.9. The molecule has 0 spiro atoms. The van der Waals surface area contributed by atoms with Gasteiger partial charge in [-0.15, -0.1) is 0 Å². The van der Waals surface area contributed by atoms with E-state index < -0.39 is 0 Å². The van der Waals surface area contributed by atoms with Gasteiger partial charge in [0.05, 0.1) is 4.92 Å². The molecule has 0 aliphatic carbocycles. The van der Waals surface area contributed by atoms with Crippen LogP contribution in [0.4, 0.5) is 11.4 Å². The van der Waals surface area contributed by atoms with Gasteiger partial charge in [-0.25, -0.2) is 0 Å². The predicted molar refractivity (Wildman–Crippen MR) is 139 cm³/mol. The van der Waals surface area contributed by atoms with Crippen LogP contribution in [0, 0.1) is 10.1 Å². The number of nitro benzene ring substituents is 1. The molecule has 32 heavy (non-hydrogen) atoms. The van der Waals surface area contributed by atoms with Gasteiger partial charge in [0.15, 0.2) is 0 Å². The molecule has 6 nitrogen and oxygen atoms in total. The summed E-state index contributed by atoms with van der Waals surface area (Å²) >= 11 is 0. The van der Waals surface area contributed by atoms with Crippen LogP contribution in [0.3, 0.4) is 0 Å². The van der Waals surface area contributed by atoms with Crippen molar-refractivity contribution in [2.24, 2.45) is 0 Å². The van der Waals surface area contributed by atoms with Crippen molar-refractivity contribution < 1.29 is 4.92 Å². The minimum Gasteiger partial charge on any atom is -0.399 e. The van der Waals surface area contributed by atoms with Crippen molar-refractivity contribution in [3.8, 4) is 0 Å². The topological polar surface area (TPSA) is 101 Å². The average molecular weight is 439 g/mol. The van der Waals surface area contributed by atoms with Gasteiger partial charge in [-0.2, -0.15) is 0 Å². The fraction of sp³-hybridized carbons (Fsp3) is 0.385. The second-order valence-corrected chi connectivity index (χ2v) is 9.70. The van der Waals surface area contributed by atoms with Gasteiger partial charge in [0.1, 0.15) is 0 Å². The quantitative estimate of drug-likeness (QED) is 0.161. The molecule has 2 aromatic carbocycles. The minimum absolute atomic E-state index is 0. The molecule has 0 aliphatic rings. The third-order valence-electron chi connectivity index (χ3n) is 5.20. The van der Waals surface area contributed by atoms with Gasteiger partial charge in [-0.05, 0) is 46.2 Å². The molecule has 2 heterocycles. The number of aromatic nitrogens is 2. The Kier molecular flexibility index (Phi) is 7.92. The molecule has 4 N–H and O–H groups in total. The molecule has 2 aromatic heterocycles. The Morgan fingerprint density at radius 3 is 1.66 bits per heavy atom. The highest BCUT2D eigenvalue weighted by Crippen LogP contribution is 2.32. The van der Waals surface area contributed by atoms with Crippen LogP contribution in [0.5, 0.6) is 0 Å². The number of nitrogens with one attached hydrogen (secondary N) is 2. The molecule has 0 fully saturated rings. The molecule has 4 rings (SSSR count). The van der Waals surface area contributed by atoms with Crippen LogP contribution in [0.2, 0.25) is 0 Å². The summed E-state index contributed by atoms with van der Waals surface area (Å²) in [5.41, 5.74) is 11.4. The summed E-state index contributed by atoms with van der Waals surface area (Å²) < 4.78 is 0. The van der Waals surface area contributed by atoms with E-state index >= 15 is 0 Å². The third kappa shape index (κ3) is 5.49. The highest BCUT2D eigenvalue weighted by Gasteiger charge is 2.20. The van der Waals surface area contributed by atoms with Crippen molar-refractivity contribution >= 4 is 33.2 Å². The zero-order valence-corrected chi connectivity index (χ0v) is 18.5. The van der Waals surface area contributed by atoms with E-state index in [0.29, 0.717) is 0 Å². The lowest BCUT2D eigenvalue weighted by Gasteiger charge is -2.17. The van der Waals surface area contributed by atoms with Gasteiger partial charge in [-0.3, -0.25) is 10.1 Å². The monoisotopic (exact) mass is 438 g/mol. The molecule has 4 aromatic rings. The van der Waals surface area contributed by atoms with Crippen molar-refractivity contribution in [1.29, 1.82) is 0 Å². The van der Waals surface area contributed by atoms with Crippen LogP contribution in [-0.4, -0.2) is 14.9 Å². The number of anilines is 1. The summed E-state index contributed by atoms with van der Waals surface area (Å²) in [5.74, 6) is 0. The van der Waals surface area contributed by atoms with E-state index in [1.807, 2.05) is 24.4 Å². The maximum Gasteiger partial charge on any atom is 0.270 e. The number of benzene rings is 2. The Labute approximate surface area is 191 Å². The average Bonchev–Trinajstić information content (AvgIpc) is 3.24. The number of fused-ring (bicyclic) bond motifs is 2. The van der Waals surface area contributed by atoms with E-state index in [4.69, 9.17) is 5.73 Å². The lowest BCUT2D eigenvalue weighted by molar-refractivity contribution is -0.384. The van der Waals surface area contributed by atoms with E-state index in [2.05, 4.69) is 57.7 Å². The van der Waals surface area contributed by atoms with Crippen LogP contribution < -0.4 is 5.73 Å². The van der Waals surface area contributed by atoms with Gasteiger partial charge in [0.25, 0.3) is 5.69 Å². The molecule has 0 atom stereocenters. The zero-order chi connectivity index (χ0) is 22.3. The fourth-order valence-electron chi connectivity index (χ4n) is 3.60. The highest BCUT2D eigenvalue weighted by molar-refractivity contribution is 5.87. The summed E-state index contributed by atoms with van der Waals surface area (Å²) in [6.45, 7) is 12.9. The standard InChI is InChI=1S/C12H14N2O2.C12H16N2.2CH4/c1-12(2,3)10-7-13-11-5-4-8(14(15)16)6-9(10)11;1-12(2,3)10-7-14-11-5-4-8(13)6-9(10)11;;/h4-7,13H,1-3H3;4-7,14H,13H2,1-3H3;2*1H4. The van der Waals surface area contributed by atoms with Crippen LogP contribution in [-0.2, 0) is 10.8 Å². The summed E-state index contributed by atoms with van der Waals surface area (Å²) in [6, 6.07) is 10.9. The highest BCUT2D eigenvalue weighted by atomic mass is 16.6. The van der Waals surface area contributed by atoms with Crippen LogP contribution in [0.25, 0.3) is 21.8 Å². The second-order valence-electron chi connectivity index (χ2n) is 9.70. The SMILES string of the molecule is C.C.CC(C)(C)c1c[nH]c2ccc(N)cc12.CC(C)(C)c1c[nH]c2ccc([N+](=O)[O-])cc12. The Balaban J connectivity index is 0.000000303. The van der Waals surface area contributed by atoms with E-state index in [0.717, 1.165) is 27.7 Å². The number of nitrogen functional groups attached to an aromatic ring is 1. The normalized spacial score (nSPS) is 11.3. The van der Waals surface area contributed by atoms with Gasteiger partial charge in [0, 0.05) is 52.0 Å². The number of aromatic amines is 2. The Hall–Kier alpha value is -3.28. The zero-order valence-electron chi connectivity index (χ0n) is 18.5. The van der Waals surface area contributed by atoms with E-state index in [1.54, 1.807) is 12.1 Å². The first-order chi connectivity index (χ1) is 13.9. The minimum atomic E-state index is -0.362. The van der Waals surface area contributed by atoms with E-state index in [1.165, 1.54) is 17.0 Å². The van der Waals surface area contributed by atoms with Crippen molar-refractivity contribution in [3.63, 3.8) is 0 Å². The molecule has 0 saturated heterocycles. The third-order valence-corrected chi connectivity index (χ3v) is 5.20. The molecule has 0 amide bonds. The molecule has 0 aliphatic heterocycles. The number of hydrogen-bond donors (Lipinski definition) is 3. The number of non-ortho nitro benzene ring substituents is 1. The van der Waals surface area contributed by atoms with Crippen molar-refractivity contribution in [2.45, 2.75) is 67.2 Å². The van der Waals surface area contributed by atoms with Crippen LogP contribution >= 0.6 is 0 Å². The number of nitrogens with zero attached hydrogens (tertiary/aromatic N) is 1. The van der Waals surface area contributed by atoms with Crippen molar-refractivity contribution in [3.05, 3.63) is 70.0 Å². The molecule has 0 unspecified atom stereocenters. The first-order valence-electron chi connectivity index (χ1n) is 10.0. The molecular formula is C26H38N4O2. The number of H-pyrrole nitrogens is 2. The Morgan fingerprint density at radius 2 is 1.22 bits per heavy atom. The van der Waals surface area contributed by atoms with Crippen LogP contribution in [0.15, 0.2) is 48.8 Å². The smallest absolute Gasteiger partial charge is 0.270 e. The maximum absolute atomic E-state index is 10.7. The van der Waals surface area contributed by atoms with Crippen molar-refractivity contribution in [1.82, 2.24) is 9.97 Å². The Bertz CT molecular complexity index is 1200.